The van der Waals surface area contributed by atoms with Crippen molar-refractivity contribution in [1.29, 1.82) is 0 Å². The Labute approximate surface area is 203 Å². The van der Waals surface area contributed by atoms with Crippen LogP contribution in [0.5, 0.6) is 0 Å². The van der Waals surface area contributed by atoms with Gasteiger partial charge in [-0.15, -0.1) is 0 Å². The van der Waals surface area contributed by atoms with Crippen LogP contribution in [0, 0.1) is 5.82 Å². The van der Waals surface area contributed by atoms with Crippen molar-refractivity contribution in [3.05, 3.63) is 131 Å². The van der Waals surface area contributed by atoms with Crippen LogP contribution in [-0.2, 0) is 11.3 Å². The topological polar surface area (TPSA) is 84.2 Å². The lowest BCUT2D eigenvalue weighted by molar-refractivity contribution is -0.115. The molecular formula is C29H24FN3O2. The van der Waals surface area contributed by atoms with Gasteiger partial charge in [-0.1, -0.05) is 66.7 Å². The van der Waals surface area contributed by atoms with Crippen LogP contribution < -0.4 is 16.4 Å². The molecular weight excluding hydrogens is 441 g/mol. The molecule has 0 saturated heterocycles. The van der Waals surface area contributed by atoms with E-state index in [2.05, 4.69) is 10.6 Å². The van der Waals surface area contributed by atoms with Gasteiger partial charge in [0, 0.05) is 17.7 Å². The highest BCUT2D eigenvalue weighted by Crippen LogP contribution is 2.21. The summed E-state index contributed by atoms with van der Waals surface area (Å²) in [7, 11) is 0. The fourth-order valence-corrected chi connectivity index (χ4v) is 3.49. The molecule has 6 heteroatoms. The minimum Gasteiger partial charge on any atom is -0.397 e. The summed E-state index contributed by atoms with van der Waals surface area (Å²) in [5.41, 5.74) is 10.0. The summed E-state index contributed by atoms with van der Waals surface area (Å²) in [5, 5.41) is 5.71. The Morgan fingerprint density at radius 2 is 1.40 bits per heavy atom. The molecule has 4 rings (SSSR count). The number of hydrogen-bond donors (Lipinski definition) is 3. The number of amides is 2. The molecule has 0 fully saturated rings. The molecule has 0 aliphatic heterocycles. The summed E-state index contributed by atoms with van der Waals surface area (Å²) in [5.74, 6) is -0.966. The monoisotopic (exact) mass is 465 g/mol. The Balaban J connectivity index is 1.55. The number of para-hydroxylation sites is 2. The van der Waals surface area contributed by atoms with Crippen LogP contribution in [0.15, 0.2) is 103 Å². The van der Waals surface area contributed by atoms with E-state index in [-0.39, 0.29) is 17.6 Å². The summed E-state index contributed by atoms with van der Waals surface area (Å²) in [6.07, 6.45) is 1.71. The first-order chi connectivity index (χ1) is 17.0. The quantitative estimate of drug-likeness (QED) is 0.191. The van der Waals surface area contributed by atoms with Crippen LogP contribution in [0.3, 0.4) is 0 Å². The number of nitrogen functional groups attached to an aromatic ring is 1. The normalized spacial score (nSPS) is 11.1. The lowest BCUT2D eigenvalue weighted by Gasteiger charge is -2.11. The van der Waals surface area contributed by atoms with Crippen molar-refractivity contribution < 1.29 is 14.0 Å². The smallest absolute Gasteiger partial charge is 0.255 e. The van der Waals surface area contributed by atoms with E-state index in [1.54, 1.807) is 66.7 Å². The molecule has 4 N–H and O–H groups in total. The van der Waals surface area contributed by atoms with Crippen LogP contribution in [0.1, 0.15) is 27.0 Å². The molecule has 0 bridgehead atoms. The molecule has 0 saturated carbocycles. The predicted molar refractivity (Wildman–Crippen MR) is 138 cm³/mol. The molecule has 2 amide bonds. The Bertz CT molecular complexity index is 1350. The second kappa shape index (κ2) is 10.9. The number of carbonyl (C=O) groups excluding carboxylic acids is 2. The average molecular weight is 466 g/mol. The molecule has 35 heavy (non-hydrogen) atoms. The Morgan fingerprint density at radius 1 is 0.771 bits per heavy atom. The van der Waals surface area contributed by atoms with E-state index in [9.17, 15) is 14.0 Å². The second-order valence-corrected chi connectivity index (χ2v) is 7.90. The Morgan fingerprint density at radius 3 is 2.09 bits per heavy atom. The van der Waals surface area contributed by atoms with Crippen molar-refractivity contribution in [2.45, 2.75) is 6.54 Å². The molecule has 4 aromatic rings. The molecule has 174 valence electrons. The molecule has 0 aliphatic carbocycles. The van der Waals surface area contributed by atoms with Gasteiger partial charge in [0.2, 0.25) is 0 Å². The molecule has 0 radical (unpaired) electrons. The zero-order chi connectivity index (χ0) is 24.6. The van der Waals surface area contributed by atoms with E-state index in [1.807, 2.05) is 30.3 Å². The average Bonchev–Trinajstić information content (AvgIpc) is 2.89. The first-order valence-electron chi connectivity index (χ1n) is 11.1. The first-order valence-corrected chi connectivity index (χ1v) is 11.1. The van der Waals surface area contributed by atoms with Gasteiger partial charge in [0.25, 0.3) is 11.8 Å². The molecule has 0 spiro atoms. The number of anilines is 2. The lowest BCUT2D eigenvalue weighted by atomic mass is 10.0. The minimum atomic E-state index is -0.382. The van der Waals surface area contributed by atoms with E-state index in [0.717, 1.165) is 11.1 Å². The SMILES string of the molecule is Nc1ccccc1NC(=O)c1ccc(/C=C(\C(=O)NCc2ccccc2)c2ccc(F)cc2)cc1. The second-order valence-electron chi connectivity index (χ2n) is 7.90. The fraction of sp³-hybridized carbons (Fsp3) is 0.0345. The van der Waals surface area contributed by atoms with Gasteiger partial charge in [-0.2, -0.15) is 0 Å². The highest BCUT2D eigenvalue weighted by Gasteiger charge is 2.13. The molecule has 0 aromatic heterocycles. The molecule has 5 nitrogen and oxygen atoms in total. The molecule has 0 unspecified atom stereocenters. The number of halogens is 1. The minimum absolute atomic E-state index is 0.290. The van der Waals surface area contributed by atoms with Gasteiger partial charge in [0.1, 0.15) is 5.82 Å². The van der Waals surface area contributed by atoms with Crippen molar-refractivity contribution in [3.8, 4) is 0 Å². The van der Waals surface area contributed by atoms with Crippen molar-refractivity contribution in [2.75, 3.05) is 11.1 Å². The van der Waals surface area contributed by atoms with Gasteiger partial charge in [-0.05, 0) is 59.2 Å². The van der Waals surface area contributed by atoms with Crippen LogP contribution >= 0.6 is 0 Å². The summed E-state index contributed by atoms with van der Waals surface area (Å²) in [6, 6.07) is 29.2. The highest BCUT2D eigenvalue weighted by atomic mass is 19.1. The van der Waals surface area contributed by atoms with Gasteiger partial charge >= 0.3 is 0 Å². The number of benzene rings is 4. The summed E-state index contributed by atoms with van der Waals surface area (Å²) in [4.78, 5) is 25.7. The van der Waals surface area contributed by atoms with Gasteiger partial charge in [0.05, 0.1) is 11.4 Å². The van der Waals surface area contributed by atoms with E-state index < -0.39 is 0 Å². The van der Waals surface area contributed by atoms with Crippen LogP contribution in [0.25, 0.3) is 11.6 Å². The van der Waals surface area contributed by atoms with Crippen LogP contribution in [0.2, 0.25) is 0 Å². The molecule has 0 atom stereocenters. The van der Waals surface area contributed by atoms with Crippen molar-refractivity contribution in [3.63, 3.8) is 0 Å². The van der Waals surface area contributed by atoms with E-state index in [0.29, 0.717) is 34.6 Å². The van der Waals surface area contributed by atoms with E-state index in [4.69, 9.17) is 5.73 Å². The van der Waals surface area contributed by atoms with Crippen LogP contribution in [-0.4, -0.2) is 11.8 Å². The van der Waals surface area contributed by atoms with Crippen LogP contribution in [0.4, 0.5) is 15.8 Å². The number of hydrogen-bond acceptors (Lipinski definition) is 3. The molecule has 4 aromatic carbocycles. The largest absolute Gasteiger partial charge is 0.397 e. The summed E-state index contributed by atoms with van der Waals surface area (Å²) < 4.78 is 13.5. The number of rotatable bonds is 7. The van der Waals surface area contributed by atoms with Gasteiger partial charge in [-0.25, -0.2) is 4.39 Å². The van der Waals surface area contributed by atoms with Gasteiger partial charge in [-0.3, -0.25) is 9.59 Å². The van der Waals surface area contributed by atoms with Gasteiger partial charge in [0.15, 0.2) is 0 Å². The fourth-order valence-electron chi connectivity index (χ4n) is 3.49. The maximum atomic E-state index is 13.5. The first kappa shape index (κ1) is 23.4. The maximum absolute atomic E-state index is 13.5. The van der Waals surface area contributed by atoms with Crippen molar-refractivity contribution >= 4 is 34.8 Å². The maximum Gasteiger partial charge on any atom is 0.255 e. The third-order valence-corrected chi connectivity index (χ3v) is 5.39. The van der Waals surface area contributed by atoms with Crippen molar-refractivity contribution in [2.24, 2.45) is 0 Å². The summed E-state index contributed by atoms with van der Waals surface area (Å²) >= 11 is 0. The van der Waals surface area contributed by atoms with E-state index >= 15 is 0 Å². The number of nitrogens with one attached hydrogen (secondary N) is 2. The number of nitrogens with two attached hydrogens (primary N) is 1. The standard InChI is InChI=1S/C29H24FN3O2/c30-24-16-14-22(15-17-24)25(29(35)32-19-21-6-2-1-3-7-21)18-20-10-12-23(13-11-20)28(34)33-27-9-5-4-8-26(27)31/h1-18H,19,31H2,(H,32,35)(H,33,34)/b25-18-. The lowest BCUT2D eigenvalue weighted by Crippen LogP contribution is -2.23. The Kier molecular flexibility index (Phi) is 7.33. The zero-order valence-electron chi connectivity index (χ0n) is 18.9. The zero-order valence-corrected chi connectivity index (χ0v) is 18.9. The molecule has 0 aliphatic rings. The predicted octanol–water partition coefficient (Wildman–Crippen LogP) is 5.52. The summed E-state index contributed by atoms with van der Waals surface area (Å²) in [6.45, 7) is 0.361. The number of carbonyl (C=O) groups is 2. The van der Waals surface area contributed by atoms with Gasteiger partial charge < -0.3 is 16.4 Å². The third-order valence-electron chi connectivity index (χ3n) is 5.39. The van der Waals surface area contributed by atoms with E-state index in [1.165, 1.54) is 12.1 Å². The molecule has 0 heterocycles. The Hall–Kier alpha value is -4.71. The third kappa shape index (κ3) is 6.21. The van der Waals surface area contributed by atoms with Crippen molar-refractivity contribution in [1.82, 2.24) is 5.32 Å². The highest BCUT2D eigenvalue weighted by molar-refractivity contribution is 6.24.